The summed E-state index contributed by atoms with van der Waals surface area (Å²) >= 11 is 0. The lowest BCUT2D eigenvalue weighted by atomic mass is 9.80. The Labute approximate surface area is 149 Å². The second-order valence-electron chi connectivity index (χ2n) is 6.53. The number of amides is 1. The van der Waals surface area contributed by atoms with E-state index in [0.717, 1.165) is 0 Å². The minimum absolute atomic E-state index is 0.0988. The number of sulfonamides is 1. The zero-order valence-corrected chi connectivity index (χ0v) is 14.6. The summed E-state index contributed by atoms with van der Waals surface area (Å²) in [6.45, 7) is 0.116. The molecule has 2 saturated heterocycles. The fraction of sp³-hybridized carbons (Fsp3) is 0.562. The molecule has 0 radical (unpaired) electrons. The number of nitrogens with one attached hydrogen (secondary N) is 1. The van der Waals surface area contributed by atoms with Gasteiger partial charge in [-0.25, -0.2) is 8.42 Å². The van der Waals surface area contributed by atoms with Gasteiger partial charge in [0.15, 0.2) is 0 Å². The average Bonchev–Trinajstić information content (AvgIpc) is 2.97. The van der Waals surface area contributed by atoms with Crippen LogP contribution in [-0.4, -0.2) is 56.0 Å². The summed E-state index contributed by atoms with van der Waals surface area (Å²) in [5.74, 6) is -0.327. The van der Waals surface area contributed by atoms with Gasteiger partial charge in [0, 0.05) is 31.8 Å². The molecular weight excluding hydrogens is 373 g/mol. The average molecular weight is 392 g/mol. The Balaban J connectivity index is 1.53. The maximum absolute atomic E-state index is 12.6. The summed E-state index contributed by atoms with van der Waals surface area (Å²) in [4.78, 5) is 12.0. The number of ether oxygens (including phenoxy) is 1. The van der Waals surface area contributed by atoms with Crippen molar-refractivity contribution >= 4 is 15.9 Å². The standard InChI is InChI=1S/C16H19F3N2O4S/c17-16(18,19)26(23,24)21-10-15(11-21)13(7-9-25-15)6-8-20-14(22)12-4-2-1-3-5-12/h1-5,13H,6-11H2,(H,20,22)/t13-/m1/s1. The second kappa shape index (κ2) is 6.82. The van der Waals surface area contributed by atoms with Gasteiger partial charge in [0.1, 0.15) is 0 Å². The predicted molar refractivity (Wildman–Crippen MR) is 86.7 cm³/mol. The first-order valence-electron chi connectivity index (χ1n) is 8.19. The van der Waals surface area contributed by atoms with Gasteiger partial charge in [0.25, 0.3) is 5.91 Å². The van der Waals surface area contributed by atoms with Crippen LogP contribution in [0.4, 0.5) is 13.2 Å². The molecule has 26 heavy (non-hydrogen) atoms. The number of halogens is 3. The monoisotopic (exact) mass is 392 g/mol. The molecule has 0 aliphatic carbocycles. The minimum Gasteiger partial charge on any atom is -0.372 e. The first-order chi connectivity index (χ1) is 12.2. The third-order valence-electron chi connectivity index (χ3n) is 4.93. The summed E-state index contributed by atoms with van der Waals surface area (Å²) in [5.41, 5.74) is -5.65. The molecule has 6 nitrogen and oxygen atoms in total. The van der Waals surface area contributed by atoms with Crippen molar-refractivity contribution in [1.29, 1.82) is 0 Å². The van der Waals surface area contributed by atoms with Gasteiger partial charge < -0.3 is 10.1 Å². The number of hydrogen-bond acceptors (Lipinski definition) is 4. The van der Waals surface area contributed by atoms with Crippen LogP contribution < -0.4 is 5.32 Å². The summed E-state index contributed by atoms with van der Waals surface area (Å²) < 4.78 is 66.7. The SMILES string of the molecule is O=C(NCC[C@@H]1CCOC12CN(S(=O)(=O)C(F)(F)F)C2)c1ccccc1. The molecule has 1 aromatic rings. The molecule has 1 spiro atoms. The van der Waals surface area contributed by atoms with Gasteiger partial charge >= 0.3 is 15.5 Å². The molecule has 1 atom stereocenters. The number of carbonyl (C=O) groups excluding carboxylic acids is 1. The molecule has 2 aliphatic rings. The van der Waals surface area contributed by atoms with Crippen LogP contribution >= 0.6 is 0 Å². The number of nitrogens with zero attached hydrogens (tertiary/aromatic N) is 1. The number of alkyl halides is 3. The van der Waals surface area contributed by atoms with Crippen LogP contribution in [-0.2, 0) is 14.8 Å². The number of hydrogen-bond donors (Lipinski definition) is 1. The van der Waals surface area contributed by atoms with Gasteiger partial charge in [-0.3, -0.25) is 4.79 Å². The van der Waals surface area contributed by atoms with E-state index in [1.807, 2.05) is 0 Å². The maximum atomic E-state index is 12.6. The van der Waals surface area contributed by atoms with Crippen molar-refractivity contribution in [1.82, 2.24) is 9.62 Å². The van der Waals surface area contributed by atoms with E-state index >= 15 is 0 Å². The molecule has 0 bridgehead atoms. The molecular formula is C16H19F3N2O4S. The highest BCUT2D eigenvalue weighted by Crippen LogP contribution is 2.44. The smallest absolute Gasteiger partial charge is 0.372 e. The second-order valence-corrected chi connectivity index (χ2v) is 8.46. The van der Waals surface area contributed by atoms with Gasteiger partial charge in [-0.05, 0) is 30.9 Å². The summed E-state index contributed by atoms with van der Waals surface area (Å²) in [5, 5.41) is 2.77. The highest BCUT2D eigenvalue weighted by atomic mass is 32.2. The number of rotatable bonds is 5. The topological polar surface area (TPSA) is 75.7 Å². The van der Waals surface area contributed by atoms with E-state index in [0.29, 0.717) is 35.9 Å². The van der Waals surface area contributed by atoms with Crippen molar-refractivity contribution in [3.05, 3.63) is 35.9 Å². The number of benzene rings is 1. The highest BCUT2D eigenvalue weighted by molar-refractivity contribution is 7.90. The van der Waals surface area contributed by atoms with Crippen molar-refractivity contribution in [2.24, 2.45) is 5.92 Å². The Kier molecular flexibility index (Phi) is 5.02. The lowest BCUT2D eigenvalue weighted by molar-refractivity contribution is -0.113. The van der Waals surface area contributed by atoms with Crippen LogP contribution in [0.5, 0.6) is 0 Å². The van der Waals surface area contributed by atoms with Crippen LogP contribution in [0.3, 0.4) is 0 Å². The lowest BCUT2D eigenvalue weighted by Crippen LogP contribution is -2.67. The van der Waals surface area contributed by atoms with E-state index in [1.165, 1.54) is 0 Å². The zero-order valence-electron chi connectivity index (χ0n) is 13.8. The predicted octanol–water partition coefficient (Wildman–Crippen LogP) is 1.75. The summed E-state index contributed by atoms with van der Waals surface area (Å²) in [7, 11) is -5.31. The third kappa shape index (κ3) is 3.45. The van der Waals surface area contributed by atoms with Crippen molar-refractivity contribution in [3.63, 3.8) is 0 Å². The van der Waals surface area contributed by atoms with E-state index in [1.54, 1.807) is 30.3 Å². The molecule has 144 valence electrons. The quantitative estimate of drug-likeness (QED) is 0.828. The Hall–Kier alpha value is -1.65. The van der Waals surface area contributed by atoms with E-state index in [-0.39, 0.29) is 24.9 Å². The van der Waals surface area contributed by atoms with E-state index in [2.05, 4.69) is 5.32 Å². The van der Waals surface area contributed by atoms with Gasteiger partial charge in [0.2, 0.25) is 0 Å². The Morgan fingerprint density at radius 2 is 1.92 bits per heavy atom. The van der Waals surface area contributed by atoms with Crippen molar-refractivity contribution in [2.75, 3.05) is 26.2 Å². The van der Waals surface area contributed by atoms with Gasteiger partial charge in [-0.2, -0.15) is 17.5 Å². The molecule has 1 N–H and O–H groups in total. The Morgan fingerprint density at radius 3 is 2.54 bits per heavy atom. The van der Waals surface area contributed by atoms with Crippen molar-refractivity contribution in [2.45, 2.75) is 24.0 Å². The summed E-state index contributed by atoms with van der Waals surface area (Å²) in [6.07, 6.45) is 1.14. The normalized spacial score (nSPS) is 23.0. The molecule has 1 aromatic carbocycles. The van der Waals surface area contributed by atoms with Crippen LogP contribution in [0.2, 0.25) is 0 Å². The Bertz CT molecular complexity index is 761. The van der Waals surface area contributed by atoms with E-state index < -0.39 is 21.1 Å². The molecule has 3 rings (SSSR count). The first-order valence-corrected chi connectivity index (χ1v) is 9.63. The lowest BCUT2D eigenvalue weighted by Gasteiger charge is -2.49. The molecule has 10 heteroatoms. The summed E-state index contributed by atoms with van der Waals surface area (Å²) in [6, 6.07) is 8.66. The van der Waals surface area contributed by atoms with E-state index in [9.17, 15) is 26.4 Å². The fourth-order valence-electron chi connectivity index (χ4n) is 3.46. The third-order valence-corrected chi connectivity index (χ3v) is 6.46. The fourth-order valence-corrected chi connectivity index (χ4v) is 4.53. The van der Waals surface area contributed by atoms with E-state index in [4.69, 9.17) is 4.74 Å². The molecule has 2 heterocycles. The van der Waals surface area contributed by atoms with Crippen molar-refractivity contribution in [3.8, 4) is 0 Å². The Morgan fingerprint density at radius 1 is 1.27 bits per heavy atom. The van der Waals surface area contributed by atoms with Gasteiger partial charge in [-0.15, -0.1) is 0 Å². The molecule has 0 unspecified atom stereocenters. The van der Waals surface area contributed by atoms with Crippen LogP contribution in [0.25, 0.3) is 0 Å². The molecule has 2 fully saturated rings. The van der Waals surface area contributed by atoms with Crippen LogP contribution in [0.15, 0.2) is 30.3 Å². The van der Waals surface area contributed by atoms with Gasteiger partial charge in [-0.1, -0.05) is 18.2 Å². The van der Waals surface area contributed by atoms with Gasteiger partial charge in [0.05, 0.1) is 5.60 Å². The first kappa shape index (κ1) is 19.1. The molecule has 0 aromatic heterocycles. The molecule has 1 amide bonds. The van der Waals surface area contributed by atoms with Crippen LogP contribution in [0.1, 0.15) is 23.2 Å². The van der Waals surface area contributed by atoms with Crippen molar-refractivity contribution < 1.29 is 31.1 Å². The van der Waals surface area contributed by atoms with Crippen LogP contribution in [0, 0.1) is 5.92 Å². The maximum Gasteiger partial charge on any atom is 0.511 e. The molecule has 2 aliphatic heterocycles. The molecule has 0 saturated carbocycles. The highest BCUT2D eigenvalue weighted by Gasteiger charge is 2.61. The zero-order chi connectivity index (χ0) is 19.0. The number of carbonyl (C=O) groups is 1. The minimum atomic E-state index is -5.31. The largest absolute Gasteiger partial charge is 0.511 e.